The van der Waals surface area contributed by atoms with Gasteiger partial charge in [-0.2, -0.15) is 0 Å². The number of carbonyl (C=O) groups is 3. The number of ether oxygens (including phenoxy) is 3. The van der Waals surface area contributed by atoms with E-state index < -0.39 is 30.6 Å². The second-order valence-electron chi connectivity index (χ2n) is 7.10. The summed E-state index contributed by atoms with van der Waals surface area (Å²) in [7, 11) is 0. The summed E-state index contributed by atoms with van der Waals surface area (Å²) in [5.41, 5.74) is 0.225. The first kappa shape index (κ1) is 23.1. The van der Waals surface area contributed by atoms with Gasteiger partial charge >= 0.3 is 12.0 Å². The van der Waals surface area contributed by atoms with Crippen molar-refractivity contribution < 1.29 is 28.6 Å². The number of fused-ring (bicyclic) bond motifs is 1. The number of carbonyl (C=O) groups excluding carboxylic acids is 3. The fraction of sp³-hybridized carbons (Fsp3) is 0.167. The molecule has 1 atom stereocenters. The third-order valence-electron chi connectivity index (χ3n) is 4.59. The van der Waals surface area contributed by atoms with Crippen LogP contribution in [0.5, 0.6) is 11.5 Å². The van der Waals surface area contributed by atoms with Crippen LogP contribution in [0.2, 0.25) is 0 Å². The van der Waals surface area contributed by atoms with Gasteiger partial charge in [0.05, 0.1) is 12.1 Å². The number of pyridine rings is 1. The third kappa shape index (κ3) is 6.26. The van der Waals surface area contributed by atoms with Crippen molar-refractivity contribution in [3.8, 4) is 11.5 Å². The first-order valence-electron chi connectivity index (χ1n) is 10.4. The van der Waals surface area contributed by atoms with Crippen LogP contribution in [-0.2, 0) is 9.53 Å². The molecule has 2 N–H and O–H groups in total. The largest absolute Gasteiger partial charge is 0.486 e. The van der Waals surface area contributed by atoms with Gasteiger partial charge in [-0.05, 0) is 36.4 Å². The second kappa shape index (κ2) is 11.2. The number of esters is 1. The Hall–Kier alpha value is -4.05. The number of para-hydroxylation sites is 2. The third-order valence-corrected chi connectivity index (χ3v) is 5.62. The molecular formula is C24H21N3O6S. The van der Waals surface area contributed by atoms with E-state index >= 15 is 0 Å². The Morgan fingerprint density at radius 3 is 2.59 bits per heavy atom. The summed E-state index contributed by atoms with van der Waals surface area (Å²) in [5.74, 6) is -0.255. The Morgan fingerprint density at radius 2 is 1.76 bits per heavy atom. The van der Waals surface area contributed by atoms with Crippen molar-refractivity contribution in [3.63, 3.8) is 0 Å². The van der Waals surface area contributed by atoms with Crippen molar-refractivity contribution in [2.45, 2.75) is 16.0 Å². The molecule has 0 saturated carbocycles. The quantitative estimate of drug-likeness (QED) is 0.497. The van der Waals surface area contributed by atoms with Crippen molar-refractivity contribution in [1.29, 1.82) is 0 Å². The summed E-state index contributed by atoms with van der Waals surface area (Å²) in [5, 5.41) is 5.11. The molecule has 0 saturated heterocycles. The topological polar surface area (TPSA) is 116 Å². The lowest BCUT2D eigenvalue weighted by Gasteiger charge is -2.26. The highest BCUT2D eigenvalue weighted by Gasteiger charge is 2.22. The smallest absolute Gasteiger partial charge is 0.341 e. The zero-order valence-corrected chi connectivity index (χ0v) is 18.7. The Balaban J connectivity index is 1.22. The lowest BCUT2D eigenvalue weighted by Crippen LogP contribution is -2.46. The van der Waals surface area contributed by atoms with E-state index in [0.29, 0.717) is 16.5 Å². The fourth-order valence-corrected chi connectivity index (χ4v) is 3.90. The molecule has 34 heavy (non-hydrogen) atoms. The van der Waals surface area contributed by atoms with E-state index in [0.717, 1.165) is 4.90 Å². The van der Waals surface area contributed by atoms with Gasteiger partial charge in [-0.1, -0.05) is 42.1 Å². The number of nitrogens with zero attached hydrogens (tertiary/aromatic N) is 1. The van der Waals surface area contributed by atoms with Crippen LogP contribution in [-0.4, -0.2) is 48.8 Å². The number of aromatic nitrogens is 1. The minimum absolute atomic E-state index is 0.128. The number of rotatable bonds is 7. The Kier molecular flexibility index (Phi) is 7.61. The Bertz CT molecular complexity index is 1170. The highest BCUT2D eigenvalue weighted by molar-refractivity contribution is 7.99. The Morgan fingerprint density at radius 1 is 1.00 bits per heavy atom. The summed E-state index contributed by atoms with van der Waals surface area (Å²) >= 11 is 1.30. The molecule has 2 heterocycles. The maximum Gasteiger partial charge on any atom is 0.341 e. The van der Waals surface area contributed by atoms with Crippen LogP contribution < -0.4 is 20.1 Å². The fourth-order valence-electron chi connectivity index (χ4n) is 3.01. The molecule has 9 nitrogen and oxygen atoms in total. The van der Waals surface area contributed by atoms with E-state index in [1.165, 1.54) is 11.8 Å². The molecule has 3 amide bonds. The normalized spacial score (nSPS) is 14.1. The predicted molar refractivity (Wildman–Crippen MR) is 123 cm³/mol. The number of amides is 3. The minimum atomic E-state index is -0.766. The van der Waals surface area contributed by atoms with Gasteiger partial charge in [-0.25, -0.2) is 14.6 Å². The van der Waals surface area contributed by atoms with Gasteiger partial charge in [0.1, 0.15) is 11.6 Å². The van der Waals surface area contributed by atoms with Crippen LogP contribution in [0.1, 0.15) is 10.4 Å². The van der Waals surface area contributed by atoms with Crippen molar-refractivity contribution in [2.24, 2.45) is 0 Å². The number of hydrogen-bond acceptors (Lipinski definition) is 8. The number of hydrogen-bond donors (Lipinski definition) is 2. The van der Waals surface area contributed by atoms with Gasteiger partial charge in [-0.15, -0.1) is 0 Å². The predicted octanol–water partition coefficient (Wildman–Crippen LogP) is 3.06. The van der Waals surface area contributed by atoms with E-state index in [4.69, 9.17) is 14.2 Å². The summed E-state index contributed by atoms with van der Waals surface area (Å²) in [6, 6.07) is 19.1. The van der Waals surface area contributed by atoms with Crippen molar-refractivity contribution >= 4 is 29.7 Å². The molecule has 1 aliphatic heterocycles. The number of benzene rings is 2. The molecule has 1 aliphatic rings. The first-order valence-corrected chi connectivity index (χ1v) is 11.2. The van der Waals surface area contributed by atoms with Crippen LogP contribution in [0.4, 0.5) is 4.79 Å². The SMILES string of the molecule is O=C(COC(=O)c1cccnc1Sc1ccccc1)NC(=O)NCC1COc2ccccc2O1. The number of nitrogens with one attached hydrogen (secondary N) is 2. The molecule has 0 bridgehead atoms. The van der Waals surface area contributed by atoms with Crippen molar-refractivity contribution in [3.05, 3.63) is 78.5 Å². The number of imide groups is 1. The monoisotopic (exact) mass is 479 g/mol. The average molecular weight is 480 g/mol. The Labute approximate surface area is 199 Å². The molecule has 4 rings (SSSR count). The summed E-state index contributed by atoms with van der Waals surface area (Å²) in [4.78, 5) is 41.7. The van der Waals surface area contributed by atoms with Crippen LogP contribution in [0.15, 0.2) is 82.8 Å². The van der Waals surface area contributed by atoms with E-state index in [2.05, 4.69) is 15.6 Å². The molecule has 0 spiro atoms. The first-order chi connectivity index (χ1) is 16.6. The van der Waals surface area contributed by atoms with Crippen molar-refractivity contribution in [2.75, 3.05) is 19.8 Å². The zero-order chi connectivity index (χ0) is 23.8. The highest BCUT2D eigenvalue weighted by Crippen LogP contribution is 2.31. The molecule has 1 unspecified atom stereocenters. The zero-order valence-electron chi connectivity index (χ0n) is 17.9. The molecule has 3 aromatic rings. The summed E-state index contributed by atoms with van der Waals surface area (Å²) < 4.78 is 16.4. The van der Waals surface area contributed by atoms with Gasteiger partial charge in [0, 0.05) is 11.1 Å². The van der Waals surface area contributed by atoms with Gasteiger partial charge in [-0.3, -0.25) is 10.1 Å². The molecule has 0 radical (unpaired) electrons. The molecular weight excluding hydrogens is 458 g/mol. The van der Waals surface area contributed by atoms with Crippen LogP contribution in [0, 0.1) is 0 Å². The van der Waals surface area contributed by atoms with Gasteiger partial charge in [0.25, 0.3) is 5.91 Å². The molecule has 2 aromatic carbocycles. The highest BCUT2D eigenvalue weighted by atomic mass is 32.2. The molecule has 10 heteroatoms. The van der Waals surface area contributed by atoms with Gasteiger partial charge in [0.2, 0.25) is 0 Å². The standard InChI is InChI=1S/C24H21N3O6S/c28-21(27-24(30)26-13-16-14-31-19-10-4-5-11-20(19)33-16)15-32-23(29)18-9-6-12-25-22(18)34-17-7-2-1-3-8-17/h1-12,16H,13-15H2,(H2,26,27,28,30). The lowest BCUT2D eigenvalue weighted by molar-refractivity contribution is -0.123. The molecule has 1 aromatic heterocycles. The van der Waals surface area contributed by atoms with Gasteiger partial charge < -0.3 is 19.5 Å². The average Bonchev–Trinajstić information content (AvgIpc) is 2.87. The number of urea groups is 1. The summed E-state index contributed by atoms with van der Waals surface area (Å²) in [6.45, 7) is -0.229. The van der Waals surface area contributed by atoms with E-state index in [9.17, 15) is 14.4 Å². The second-order valence-corrected chi connectivity index (χ2v) is 8.17. The van der Waals surface area contributed by atoms with E-state index in [1.807, 2.05) is 42.5 Å². The molecule has 174 valence electrons. The molecule has 0 aliphatic carbocycles. The van der Waals surface area contributed by atoms with E-state index in [-0.39, 0.29) is 18.7 Å². The van der Waals surface area contributed by atoms with Crippen LogP contribution in [0.3, 0.4) is 0 Å². The lowest BCUT2D eigenvalue weighted by atomic mass is 10.2. The van der Waals surface area contributed by atoms with Crippen LogP contribution >= 0.6 is 11.8 Å². The van der Waals surface area contributed by atoms with Crippen LogP contribution in [0.25, 0.3) is 0 Å². The van der Waals surface area contributed by atoms with Gasteiger partial charge in [0.15, 0.2) is 24.2 Å². The maximum absolute atomic E-state index is 12.5. The minimum Gasteiger partial charge on any atom is -0.486 e. The molecule has 0 fully saturated rings. The summed E-state index contributed by atoms with van der Waals surface area (Å²) in [6.07, 6.45) is 1.17. The van der Waals surface area contributed by atoms with E-state index in [1.54, 1.807) is 30.5 Å². The van der Waals surface area contributed by atoms with Crippen molar-refractivity contribution in [1.82, 2.24) is 15.6 Å². The maximum atomic E-state index is 12.5.